The lowest BCUT2D eigenvalue weighted by atomic mass is 10.2. The fourth-order valence-corrected chi connectivity index (χ4v) is 2.73. The molecule has 0 unspecified atom stereocenters. The Morgan fingerprint density at radius 3 is 2.48 bits per heavy atom. The molecule has 0 amide bonds. The summed E-state index contributed by atoms with van der Waals surface area (Å²) >= 11 is 3.17. The first kappa shape index (κ1) is 15.5. The predicted molar refractivity (Wildman–Crippen MR) is 84.9 cm³/mol. The lowest BCUT2D eigenvalue weighted by Crippen LogP contribution is -2.18. The molecular weight excluding hydrogens is 356 g/mol. The molecular formula is C14H13BrN2O3S. The summed E-state index contributed by atoms with van der Waals surface area (Å²) in [6.45, 7) is 1.88. The molecule has 0 saturated carbocycles. The van der Waals surface area contributed by atoms with E-state index in [4.69, 9.17) is 0 Å². The van der Waals surface area contributed by atoms with Crippen LogP contribution in [0.4, 0.5) is 0 Å². The first-order chi connectivity index (χ1) is 9.88. The van der Waals surface area contributed by atoms with Crippen LogP contribution >= 0.6 is 15.9 Å². The smallest absolute Gasteiger partial charge is 0.276 e. The van der Waals surface area contributed by atoms with Crippen LogP contribution in [-0.4, -0.2) is 19.7 Å². The summed E-state index contributed by atoms with van der Waals surface area (Å²) in [6.07, 6.45) is 1.36. The van der Waals surface area contributed by atoms with Gasteiger partial charge in [0, 0.05) is 0 Å². The van der Waals surface area contributed by atoms with Gasteiger partial charge < -0.3 is 5.11 Å². The molecule has 2 aromatic rings. The molecule has 0 aromatic heterocycles. The highest BCUT2D eigenvalue weighted by atomic mass is 79.9. The van der Waals surface area contributed by atoms with Crippen LogP contribution in [0.2, 0.25) is 0 Å². The number of hydrogen-bond acceptors (Lipinski definition) is 4. The van der Waals surface area contributed by atoms with Gasteiger partial charge in [0.05, 0.1) is 15.6 Å². The normalized spacial score (nSPS) is 11.7. The van der Waals surface area contributed by atoms with E-state index in [1.54, 1.807) is 24.3 Å². The Morgan fingerprint density at radius 1 is 1.19 bits per heavy atom. The molecule has 110 valence electrons. The molecule has 0 heterocycles. The number of aromatic hydroxyl groups is 1. The number of sulfonamides is 1. The van der Waals surface area contributed by atoms with Crippen molar-refractivity contribution in [2.75, 3.05) is 0 Å². The van der Waals surface area contributed by atoms with Gasteiger partial charge in [-0.3, -0.25) is 0 Å². The van der Waals surface area contributed by atoms with E-state index >= 15 is 0 Å². The zero-order valence-electron chi connectivity index (χ0n) is 11.1. The van der Waals surface area contributed by atoms with Crippen LogP contribution in [-0.2, 0) is 10.0 Å². The lowest BCUT2D eigenvalue weighted by Gasteiger charge is -2.03. The minimum atomic E-state index is -3.67. The maximum Gasteiger partial charge on any atom is 0.276 e. The lowest BCUT2D eigenvalue weighted by molar-refractivity contribution is 0.472. The molecule has 0 bridgehead atoms. The largest absolute Gasteiger partial charge is 0.507 e. The fraction of sp³-hybridized carbons (Fsp3) is 0.0714. The van der Waals surface area contributed by atoms with Crippen molar-refractivity contribution >= 4 is 32.2 Å². The first-order valence-corrected chi connectivity index (χ1v) is 8.26. The van der Waals surface area contributed by atoms with E-state index < -0.39 is 10.0 Å². The van der Waals surface area contributed by atoms with Gasteiger partial charge in [-0.15, -0.1) is 0 Å². The molecule has 0 fully saturated rings. The van der Waals surface area contributed by atoms with Crippen molar-refractivity contribution in [3.8, 4) is 5.75 Å². The van der Waals surface area contributed by atoms with Crippen LogP contribution < -0.4 is 4.83 Å². The van der Waals surface area contributed by atoms with E-state index in [0.717, 1.165) is 5.56 Å². The highest BCUT2D eigenvalue weighted by molar-refractivity contribution is 9.10. The molecule has 2 aromatic carbocycles. The van der Waals surface area contributed by atoms with Crippen molar-refractivity contribution in [1.82, 2.24) is 4.83 Å². The Balaban J connectivity index is 2.12. The summed E-state index contributed by atoms with van der Waals surface area (Å²) in [5, 5.41) is 13.1. The van der Waals surface area contributed by atoms with Crippen LogP contribution in [0, 0.1) is 6.92 Å². The Kier molecular flexibility index (Phi) is 4.64. The Bertz CT molecular complexity index is 771. The molecule has 0 aliphatic rings. The predicted octanol–water partition coefficient (Wildman–Crippen LogP) is 2.78. The van der Waals surface area contributed by atoms with Crippen molar-refractivity contribution in [3.63, 3.8) is 0 Å². The average Bonchev–Trinajstić information content (AvgIpc) is 2.43. The zero-order valence-corrected chi connectivity index (χ0v) is 13.5. The summed E-state index contributed by atoms with van der Waals surface area (Å²) in [7, 11) is -3.67. The zero-order chi connectivity index (χ0) is 15.5. The Morgan fingerprint density at radius 2 is 1.86 bits per heavy atom. The van der Waals surface area contributed by atoms with Crippen LogP contribution in [0.3, 0.4) is 0 Å². The van der Waals surface area contributed by atoms with E-state index in [9.17, 15) is 13.5 Å². The second-order valence-electron chi connectivity index (χ2n) is 4.38. The number of aryl methyl sites for hydroxylation is 1. The van der Waals surface area contributed by atoms with Crippen molar-refractivity contribution < 1.29 is 13.5 Å². The van der Waals surface area contributed by atoms with E-state index in [2.05, 4.69) is 25.9 Å². The molecule has 0 saturated heterocycles. The maximum atomic E-state index is 12.0. The molecule has 0 spiro atoms. The number of benzene rings is 2. The quantitative estimate of drug-likeness (QED) is 0.643. The topological polar surface area (TPSA) is 78.8 Å². The molecule has 0 aliphatic heterocycles. The number of phenolic OH excluding ortho intramolecular Hbond substituents is 1. The first-order valence-electron chi connectivity index (χ1n) is 5.98. The minimum Gasteiger partial charge on any atom is -0.507 e. The second-order valence-corrected chi connectivity index (χ2v) is 6.89. The van der Waals surface area contributed by atoms with Gasteiger partial charge >= 0.3 is 0 Å². The molecule has 2 N–H and O–H groups in total. The number of phenols is 1. The molecule has 0 radical (unpaired) electrons. The van der Waals surface area contributed by atoms with Crippen LogP contribution in [0.5, 0.6) is 5.75 Å². The third-order valence-electron chi connectivity index (χ3n) is 2.69. The van der Waals surface area contributed by atoms with E-state index in [-0.39, 0.29) is 10.6 Å². The van der Waals surface area contributed by atoms with Crippen LogP contribution in [0.25, 0.3) is 0 Å². The molecule has 7 heteroatoms. The van der Waals surface area contributed by atoms with Gasteiger partial charge in [-0.05, 0) is 58.7 Å². The molecule has 2 rings (SSSR count). The van der Waals surface area contributed by atoms with Crippen molar-refractivity contribution in [1.29, 1.82) is 0 Å². The van der Waals surface area contributed by atoms with Crippen molar-refractivity contribution in [2.24, 2.45) is 5.10 Å². The van der Waals surface area contributed by atoms with Gasteiger partial charge in [-0.1, -0.05) is 17.7 Å². The second kappa shape index (κ2) is 6.28. The van der Waals surface area contributed by atoms with E-state index in [1.165, 1.54) is 24.4 Å². The van der Waals surface area contributed by atoms with Gasteiger partial charge in [0.15, 0.2) is 0 Å². The SMILES string of the molecule is Cc1ccc(S(=O)(=O)NN=Cc2ccc(O)c(Br)c2)cc1. The summed E-state index contributed by atoms with van der Waals surface area (Å²) < 4.78 is 24.5. The van der Waals surface area contributed by atoms with Crippen molar-refractivity contribution in [2.45, 2.75) is 11.8 Å². The summed E-state index contributed by atoms with van der Waals surface area (Å²) in [4.78, 5) is 2.29. The third kappa shape index (κ3) is 4.05. The highest BCUT2D eigenvalue weighted by Crippen LogP contribution is 2.23. The Labute approximate surface area is 131 Å². The minimum absolute atomic E-state index is 0.104. The number of hydrogen-bond donors (Lipinski definition) is 2. The number of hydrazone groups is 1. The number of rotatable bonds is 4. The van der Waals surface area contributed by atoms with Gasteiger partial charge in [0.1, 0.15) is 5.75 Å². The summed E-state index contributed by atoms with van der Waals surface area (Å²) in [5.74, 6) is 0.104. The van der Waals surface area contributed by atoms with Gasteiger partial charge in [-0.2, -0.15) is 13.5 Å². The molecule has 0 atom stereocenters. The maximum absolute atomic E-state index is 12.0. The summed E-state index contributed by atoms with van der Waals surface area (Å²) in [5.41, 5.74) is 1.62. The van der Waals surface area contributed by atoms with Gasteiger partial charge in [0.25, 0.3) is 10.0 Å². The molecule has 0 aliphatic carbocycles. The van der Waals surface area contributed by atoms with Crippen molar-refractivity contribution in [3.05, 3.63) is 58.1 Å². The Hall–Kier alpha value is -1.86. The average molecular weight is 369 g/mol. The monoisotopic (exact) mass is 368 g/mol. The van der Waals surface area contributed by atoms with Gasteiger partial charge in [0.2, 0.25) is 0 Å². The van der Waals surface area contributed by atoms with Crippen LogP contribution in [0.1, 0.15) is 11.1 Å². The summed E-state index contributed by atoms with van der Waals surface area (Å²) in [6, 6.07) is 11.2. The third-order valence-corrected chi connectivity index (χ3v) is 4.56. The molecule has 5 nitrogen and oxygen atoms in total. The number of halogens is 1. The van der Waals surface area contributed by atoms with Crippen LogP contribution in [0.15, 0.2) is 56.9 Å². The standard InChI is InChI=1S/C14H13BrN2O3S/c1-10-2-5-12(6-3-10)21(19,20)17-16-9-11-4-7-14(18)13(15)8-11/h2-9,17-18H,1H3. The van der Waals surface area contributed by atoms with Gasteiger partial charge in [-0.25, -0.2) is 4.83 Å². The highest BCUT2D eigenvalue weighted by Gasteiger charge is 2.11. The number of nitrogens with zero attached hydrogens (tertiary/aromatic N) is 1. The molecule has 21 heavy (non-hydrogen) atoms. The van der Waals surface area contributed by atoms with E-state index in [1.807, 2.05) is 6.92 Å². The van der Waals surface area contributed by atoms with E-state index in [0.29, 0.717) is 10.0 Å². The number of nitrogens with one attached hydrogen (secondary N) is 1. The fourth-order valence-electron chi connectivity index (χ4n) is 1.54.